The first-order valence-electron chi connectivity index (χ1n) is 9.98. The summed E-state index contributed by atoms with van der Waals surface area (Å²) in [5.74, 6) is -6.53. The van der Waals surface area contributed by atoms with Crippen molar-refractivity contribution in [3.8, 4) is 0 Å². The van der Waals surface area contributed by atoms with E-state index < -0.39 is 28.9 Å². The van der Waals surface area contributed by atoms with Crippen LogP contribution in [0, 0.1) is 12.3 Å². The molecule has 0 unspecified atom stereocenters. The Labute approximate surface area is 183 Å². The van der Waals surface area contributed by atoms with Crippen LogP contribution in [0.3, 0.4) is 0 Å². The van der Waals surface area contributed by atoms with Gasteiger partial charge in [0.15, 0.2) is 0 Å². The van der Waals surface area contributed by atoms with Crippen molar-refractivity contribution in [2.24, 2.45) is 5.41 Å². The maximum absolute atomic E-state index is 14.2. The van der Waals surface area contributed by atoms with Gasteiger partial charge >= 0.3 is 0 Å². The number of pyridine rings is 1. The maximum Gasteiger partial charge on any atom is 0.289 e. The summed E-state index contributed by atoms with van der Waals surface area (Å²) in [6.07, 6.45) is 3.29. The van der Waals surface area contributed by atoms with Crippen molar-refractivity contribution >= 4 is 23.4 Å². The smallest absolute Gasteiger partial charge is 0.289 e. The van der Waals surface area contributed by atoms with Crippen LogP contribution in [-0.2, 0) is 12.5 Å². The Hall–Kier alpha value is -2.10. The first-order valence-corrected chi connectivity index (χ1v) is 11.2. The number of hydrogen-bond acceptors (Lipinski definition) is 4. The van der Waals surface area contributed by atoms with Crippen LogP contribution in [0.2, 0.25) is 0 Å². The van der Waals surface area contributed by atoms with E-state index in [0.29, 0.717) is 10.7 Å². The van der Waals surface area contributed by atoms with Gasteiger partial charge in [-0.3, -0.25) is 9.48 Å². The van der Waals surface area contributed by atoms with Crippen LogP contribution in [0.25, 0.3) is 0 Å². The number of nitrogens with one attached hydrogen (secondary N) is 1. The van der Waals surface area contributed by atoms with E-state index >= 15 is 0 Å². The molecule has 0 bridgehead atoms. The molecule has 0 aromatic carbocycles. The summed E-state index contributed by atoms with van der Waals surface area (Å²) in [4.78, 5) is 17.2. The molecule has 1 fully saturated rings. The van der Waals surface area contributed by atoms with Gasteiger partial charge in [-0.15, -0.1) is 11.8 Å². The van der Waals surface area contributed by atoms with Crippen molar-refractivity contribution < 1.29 is 22.4 Å². The standard InChI is InChI=1S/C21H26F4N4OS/c1-13-16(18(30)27-14-5-10-26-15(11-14)31-4)29(28-17(13)20(3,22)23)12-19(2)6-8-21(24,25)9-7-19/h5,10-11H,6-9,12H2,1-4H3,(H,26,27,30). The summed E-state index contributed by atoms with van der Waals surface area (Å²) >= 11 is 1.40. The zero-order valence-electron chi connectivity index (χ0n) is 17.9. The number of hydrogen-bond donors (Lipinski definition) is 1. The topological polar surface area (TPSA) is 59.8 Å². The average molecular weight is 459 g/mol. The fourth-order valence-electron chi connectivity index (χ4n) is 3.90. The minimum Gasteiger partial charge on any atom is -0.321 e. The van der Waals surface area contributed by atoms with E-state index in [1.54, 1.807) is 18.3 Å². The largest absolute Gasteiger partial charge is 0.321 e. The van der Waals surface area contributed by atoms with Crippen molar-refractivity contribution in [2.45, 2.75) is 69.9 Å². The van der Waals surface area contributed by atoms with Gasteiger partial charge in [-0.2, -0.15) is 13.9 Å². The van der Waals surface area contributed by atoms with Gasteiger partial charge in [0.1, 0.15) is 11.4 Å². The quantitative estimate of drug-likeness (QED) is 0.433. The normalized spacial score (nSPS) is 18.1. The SMILES string of the molecule is CSc1cc(NC(=O)c2c(C)c(C(C)(F)F)nn2CC2(C)CCC(F)(F)CC2)ccn1. The van der Waals surface area contributed by atoms with Crippen LogP contribution in [0.5, 0.6) is 0 Å². The van der Waals surface area contributed by atoms with Crippen LogP contribution in [0.15, 0.2) is 23.4 Å². The number of nitrogens with zero attached hydrogens (tertiary/aromatic N) is 3. The third-order valence-corrected chi connectivity index (χ3v) is 6.38. The van der Waals surface area contributed by atoms with E-state index in [2.05, 4.69) is 15.4 Å². The van der Waals surface area contributed by atoms with Gasteiger partial charge in [0.25, 0.3) is 11.8 Å². The second-order valence-electron chi connectivity index (χ2n) is 8.58. The molecule has 1 amide bonds. The van der Waals surface area contributed by atoms with Crippen molar-refractivity contribution in [1.82, 2.24) is 14.8 Å². The summed E-state index contributed by atoms with van der Waals surface area (Å²) < 4.78 is 56.8. The highest BCUT2D eigenvalue weighted by atomic mass is 32.2. The maximum atomic E-state index is 14.2. The highest BCUT2D eigenvalue weighted by Crippen LogP contribution is 2.44. The van der Waals surface area contributed by atoms with Gasteiger partial charge in [0.2, 0.25) is 5.92 Å². The Bertz CT molecular complexity index is 961. The molecule has 1 saturated carbocycles. The van der Waals surface area contributed by atoms with E-state index in [-0.39, 0.29) is 43.5 Å². The van der Waals surface area contributed by atoms with Crippen LogP contribution in [-0.4, -0.2) is 32.8 Å². The van der Waals surface area contributed by atoms with E-state index in [1.165, 1.54) is 23.4 Å². The Morgan fingerprint density at radius 2 is 1.94 bits per heavy atom. The molecule has 1 aliphatic rings. The predicted octanol–water partition coefficient (Wildman–Crippen LogP) is 5.89. The molecule has 2 aromatic rings. The number of halogens is 4. The number of thioether (sulfide) groups is 1. The van der Waals surface area contributed by atoms with Crippen molar-refractivity contribution in [1.29, 1.82) is 0 Å². The van der Waals surface area contributed by atoms with Crippen LogP contribution in [0.4, 0.5) is 23.2 Å². The number of carbonyl (C=O) groups excluding carboxylic acids is 1. The number of carbonyl (C=O) groups is 1. The van der Waals surface area contributed by atoms with E-state index in [1.807, 2.05) is 13.2 Å². The first kappa shape index (κ1) is 23.6. The minimum absolute atomic E-state index is 0.0117. The number of alkyl halides is 4. The zero-order chi connectivity index (χ0) is 23.0. The van der Waals surface area contributed by atoms with Gasteiger partial charge in [-0.25, -0.2) is 13.8 Å². The number of anilines is 1. The van der Waals surface area contributed by atoms with Crippen LogP contribution in [0.1, 0.15) is 61.3 Å². The van der Waals surface area contributed by atoms with Crippen molar-refractivity contribution in [3.63, 3.8) is 0 Å². The number of aromatic nitrogens is 3. The fraction of sp³-hybridized carbons (Fsp3) is 0.571. The summed E-state index contributed by atoms with van der Waals surface area (Å²) in [6.45, 7) is 4.10. The lowest BCUT2D eigenvalue weighted by Gasteiger charge is -2.37. The molecule has 2 aromatic heterocycles. The Morgan fingerprint density at radius 3 is 2.52 bits per heavy atom. The van der Waals surface area contributed by atoms with Crippen LogP contribution < -0.4 is 5.32 Å². The molecule has 0 radical (unpaired) electrons. The molecule has 0 spiro atoms. The molecule has 2 heterocycles. The summed E-state index contributed by atoms with van der Waals surface area (Å²) in [5.41, 5.74) is -0.490. The third-order valence-electron chi connectivity index (χ3n) is 5.74. The Morgan fingerprint density at radius 1 is 1.29 bits per heavy atom. The average Bonchev–Trinajstić information content (AvgIpc) is 3.01. The van der Waals surface area contributed by atoms with Gasteiger partial charge in [0, 0.05) is 43.8 Å². The van der Waals surface area contributed by atoms with E-state index in [0.717, 1.165) is 6.92 Å². The van der Waals surface area contributed by atoms with E-state index in [9.17, 15) is 22.4 Å². The molecular formula is C21H26F4N4OS. The highest BCUT2D eigenvalue weighted by Gasteiger charge is 2.42. The van der Waals surface area contributed by atoms with Gasteiger partial charge in [0.05, 0.1) is 5.03 Å². The number of rotatable bonds is 6. The Kier molecular flexibility index (Phi) is 6.42. The molecule has 0 atom stereocenters. The molecule has 0 saturated heterocycles. The summed E-state index contributed by atoms with van der Waals surface area (Å²) in [5, 5.41) is 7.47. The third kappa shape index (κ3) is 5.39. The lowest BCUT2D eigenvalue weighted by molar-refractivity contribution is -0.0673. The summed E-state index contributed by atoms with van der Waals surface area (Å²) in [6, 6.07) is 3.28. The molecule has 170 valence electrons. The zero-order valence-corrected chi connectivity index (χ0v) is 18.8. The monoisotopic (exact) mass is 458 g/mol. The van der Waals surface area contributed by atoms with Crippen molar-refractivity contribution in [3.05, 3.63) is 35.3 Å². The molecule has 1 aliphatic carbocycles. The Balaban J connectivity index is 1.94. The molecule has 10 heteroatoms. The molecule has 5 nitrogen and oxygen atoms in total. The van der Waals surface area contributed by atoms with E-state index in [4.69, 9.17) is 0 Å². The molecule has 1 N–H and O–H groups in total. The molecule has 3 rings (SSSR count). The highest BCUT2D eigenvalue weighted by molar-refractivity contribution is 7.98. The molecule has 31 heavy (non-hydrogen) atoms. The molecular weight excluding hydrogens is 432 g/mol. The minimum atomic E-state index is -3.24. The second-order valence-corrected chi connectivity index (χ2v) is 9.40. The lowest BCUT2D eigenvalue weighted by atomic mass is 9.74. The summed E-state index contributed by atoms with van der Waals surface area (Å²) in [7, 11) is 0. The van der Waals surface area contributed by atoms with Gasteiger partial charge < -0.3 is 5.32 Å². The van der Waals surface area contributed by atoms with Crippen LogP contribution >= 0.6 is 11.8 Å². The molecule has 0 aliphatic heterocycles. The fourth-order valence-corrected chi connectivity index (χ4v) is 4.31. The lowest BCUT2D eigenvalue weighted by Crippen LogP contribution is -2.35. The van der Waals surface area contributed by atoms with Crippen molar-refractivity contribution in [2.75, 3.05) is 11.6 Å². The number of amides is 1. The second kappa shape index (κ2) is 8.44. The first-order chi connectivity index (χ1) is 14.3. The predicted molar refractivity (Wildman–Crippen MR) is 112 cm³/mol. The van der Waals surface area contributed by atoms with Gasteiger partial charge in [-0.1, -0.05) is 6.92 Å². The van der Waals surface area contributed by atoms with Gasteiger partial charge in [-0.05, 0) is 43.6 Å².